The van der Waals surface area contributed by atoms with Crippen molar-refractivity contribution in [2.45, 2.75) is 27.2 Å². The van der Waals surface area contributed by atoms with E-state index in [9.17, 15) is 4.79 Å². The zero-order valence-electron chi connectivity index (χ0n) is 10.7. The number of hydrogen-bond acceptors (Lipinski definition) is 2. The third-order valence-corrected chi connectivity index (χ3v) is 3.77. The van der Waals surface area contributed by atoms with Gasteiger partial charge in [0.2, 0.25) is 5.91 Å². The lowest BCUT2D eigenvalue weighted by molar-refractivity contribution is -0.156. The molecule has 1 heterocycles. The first-order chi connectivity index (χ1) is 8.09. The summed E-state index contributed by atoms with van der Waals surface area (Å²) in [5.74, 6) is 0.0833. The minimum atomic E-state index is -0.309. The van der Waals surface area contributed by atoms with Crippen LogP contribution in [0.1, 0.15) is 24.5 Å². The number of aryl methyl sites for hydroxylation is 1. The maximum absolute atomic E-state index is 12.2. The summed E-state index contributed by atoms with van der Waals surface area (Å²) in [6, 6.07) is 5.96. The van der Waals surface area contributed by atoms with Gasteiger partial charge in [0.05, 0.1) is 18.6 Å². The standard InChI is InChI=1S/C14H19NO2/c1-4-14(8-17-9-14)13(16)15-12-7-5-6-10(2)11(12)3/h5-7H,4,8-9H2,1-3H3,(H,15,16). The molecule has 0 aromatic heterocycles. The Morgan fingerprint density at radius 1 is 1.41 bits per heavy atom. The van der Waals surface area contributed by atoms with E-state index in [1.807, 2.05) is 39.0 Å². The van der Waals surface area contributed by atoms with Gasteiger partial charge in [-0.1, -0.05) is 19.1 Å². The highest BCUT2D eigenvalue weighted by atomic mass is 16.5. The first kappa shape index (κ1) is 12.1. The van der Waals surface area contributed by atoms with Crippen LogP contribution in [0.4, 0.5) is 5.69 Å². The first-order valence-corrected chi connectivity index (χ1v) is 6.04. The van der Waals surface area contributed by atoms with Gasteiger partial charge in [0.15, 0.2) is 0 Å². The zero-order valence-corrected chi connectivity index (χ0v) is 10.7. The van der Waals surface area contributed by atoms with E-state index < -0.39 is 0 Å². The second-order valence-electron chi connectivity index (χ2n) is 4.83. The zero-order chi connectivity index (χ0) is 12.5. The van der Waals surface area contributed by atoms with Crippen molar-refractivity contribution in [2.75, 3.05) is 18.5 Å². The van der Waals surface area contributed by atoms with Gasteiger partial charge in [0, 0.05) is 5.69 Å². The smallest absolute Gasteiger partial charge is 0.235 e. The average molecular weight is 233 g/mol. The summed E-state index contributed by atoms with van der Waals surface area (Å²) in [6.45, 7) is 7.19. The van der Waals surface area contributed by atoms with Gasteiger partial charge in [0.1, 0.15) is 0 Å². The number of carbonyl (C=O) groups is 1. The van der Waals surface area contributed by atoms with Crippen LogP contribution in [0.3, 0.4) is 0 Å². The molecule has 1 fully saturated rings. The van der Waals surface area contributed by atoms with Gasteiger partial charge < -0.3 is 10.1 Å². The Kier molecular flexibility index (Phi) is 3.20. The van der Waals surface area contributed by atoms with Crippen molar-refractivity contribution in [1.82, 2.24) is 0 Å². The molecular weight excluding hydrogens is 214 g/mol. The Bertz CT molecular complexity index is 430. The molecule has 0 spiro atoms. The number of nitrogens with one attached hydrogen (secondary N) is 1. The third-order valence-electron chi connectivity index (χ3n) is 3.77. The first-order valence-electron chi connectivity index (χ1n) is 6.04. The molecule has 1 aromatic rings. The van der Waals surface area contributed by atoms with E-state index in [4.69, 9.17) is 4.74 Å². The lowest BCUT2D eigenvalue weighted by atomic mass is 9.82. The van der Waals surface area contributed by atoms with Crippen molar-refractivity contribution in [3.8, 4) is 0 Å². The summed E-state index contributed by atoms with van der Waals surface area (Å²) in [6.07, 6.45) is 0.823. The monoisotopic (exact) mass is 233 g/mol. The fraction of sp³-hybridized carbons (Fsp3) is 0.500. The summed E-state index contributed by atoms with van der Waals surface area (Å²) in [5.41, 5.74) is 2.93. The largest absolute Gasteiger partial charge is 0.379 e. The van der Waals surface area contributed by atoms with E-state index in [-0.39, 0.29) is 11.3 Å². The fourth-order valence-electron chi connectivity index (χ4n) is 1.99. The van der Waals surface area contributed by atoms with Crippen LogP contribution in [0.25, 0.3) is 0 Å². The van der Waals surface area contributed by atoms with Crippen molar-refractivity contribution >= 4 is 11.6 Å². The SMILES string of the molecule is CCC1(C(=O)Nc2cccc(C)c2C)COC1. The van der Waals surface area contributed by atoms with Crippen LogP contribution in [0.2, 0.25) is 0 Å². The molecule has 2 rings (SSSR count). The van der Waals surface area contributed by atoms with Crippen LogP contribution in [-0.2, 0) is 9.53 Å². The Morgan fingerprint density at radius 3 is 2.65 bits per heavy atom. The van der Waals surface area contributed by atoms with Gasteiger partial charge >= 0.3 is 0 Å². The number of anilines is 1. The summed E-state index contributed by atoms with van der Waals surface area (Å²) in [5, 5.41) is 3.03. The van der Waals surface area contributed by atoms with Crippen molar-refractivity contribution in [1.29, 1.82) is 0 Å². The molecule has 0 saturated carbocycles. The summed E-state index contributed by atoms with van der Waals surface area (Å²) in [4.78, 5) is 12.2. The second kappa shape index (κ2) is 4.49. The highest BCUT2D eigenvalue weighted by molar-refractivity contribution is 5.96. The fourth-order valence-corrected chi connectivity index (χ4v) is 1.99. The predicted molar refractivity (Wildman–Crippen MR) is 68.1 cm³/mol. The molecule has 1 N–H and O–H groups in total. The van der Waals surface area contributed by atoms with E-state index in [0.717, 1.165) is 17.7 Å². The van der Waals surface area contributed by atoms with Crippen LogP contribution in [-0.4, -0.2) is 19.1 Å². The molecule has 1 saturated heterocycles. The predicted octanol–water partition coefficient (Wildman–Crippen LogP) is 2.67. The van der Waals surface area contributed by atoms with Crippen LogP contribution in [0.15, 0.2) is 18.2 Å². The lowest BCUT2D eigenvalue weighted by Gasteiger charge is -2.39. The molecule has 3 heteroatoms. The summed E-state index contributed by atoms with van der Waals surface area (Å²) < 4.78 is 5.18. The van der Waals surface area contributed by atoms with Crippen molar-refractivity contribution < 1.29 is 9.53 Å². The highest BCUT2D eigenvalue weighted by Gasteiger charge is 2.44. The number of rotatable bonds is 3. The molecule has 0 unspecified atom stereocenters. The lowest BCUT2D eigenvalue weighted by Crippen LogP contribution is -2.51. The van der Waals surface area contributed by atoms with E-state index in [1.54, 1.807) is 0 Å². The second-order valence-corrected chi connectivity index (χ2v) is 4.83. The number of benzene rings is 1. The summed E-state index contributed by atoms with van der Waals surface area (Å²) in [7, 11) is 0. The van der Waals surface area contributed by atoms with E-state index >= 15 is 0 Å². The van der Waals surface area contributed by atoms with Crippen molar-refractivity contribution in [2.24, 2.45) is 5.41 Å². The number of hydrogen-bond donors (Lipinski definition) is 1. The maximum atomic E-state index is 12.2. The molecule has 1 aliphatic heterocycles. The van der Waals surface area contributed by atoms with Gasteiger partial charge in [-0.15, -0.1) is 0 Å². The van der Waals surface area contributed by atoms with Gasteiger partial charge in [-0.2, -0.15) is 0 Å². The Morgan fingerprint density at radius 2 is 2.12 bits per heavy atom. The Balaban J connectivity index is 2.16. The quantitative estimate of drug-likeness (QED) is 0.871. The molecule has 1 aromatic carbocycles. The van der Waals surface area contributed by atoms with Crippen LogP contribution in [0, 0.1) is 19.3 Å². The van der Waals surface area contributed by atoms with E-state index in [0.29, 0.717) is 13.2 Å². The molecule has 3 nitrogen and oxygen atoms in total. The van der Waals surface area contributed by atoms with Gasteiger partial charge in [-0.25, -0.2) is 0 Å². The molecule has 1 aliphatic rings. The Hall–Kier alpha value is -1.35. The topological polar surface area (TPSA) is 38.3 Å². The molecule has 17 heavy (non-hydrogen) atoms. The molecule has 92 valence electrons. The maximum Gasteiger partial charge on any atom is 0.235 e. The van der Waals surface area contributed by atoms with Gasteiger partial charge in [-0.3, -0.25) is 4.79 Å². The van der Waals surface area contributed by atoms with Crippen molar-refractivity contribution in [3.63, 3.8) is 0 Å². The normalized spacial score (nSPS) is 17.4. The molecule has 1 amide bonds. The highest BCUT2D eigenvalue weighted by Crippen LogP contribution is 2.33. The van der Waals surface area contributed by atoms with E-state index in [1.165, 1.54) is 5.56 Å². The molecule has 0 radical (unpaired) electrons. The van der Waals surface area contributed by atoms with Gasteiger partial charge in [0.25, 0.3) is 0 Å². The molecule has 0 aliphatic carbocycles. The average Bonchev–Trinajstić information content (AvgIpc) is 2.24. The van der Waals surface area contributed by atoms with Crippen LogP contribution >= 0.6 is 0 Å². The minimum Gasteiger partial charge on any atom is -0.379 e. The number of ether oxygens (including phenoxy) is 1. The third kappa shape index (κ3) is 2.07. The number of carbonyl (C=O) groups excluding carboxylic acids is 1. The van der Waals surface area contributed by atoms with Gasteiger partial charge in [-0.05, 0) is 37.5 Å². The van der Waals surface area contributed by atoms with Crippen molar-refractivity contribution in [3.05, 3.63) is 29.3 Å². The van der Waals surface area contributed by atoms with E-state index in [2.05, 4.69) is 5.32 Å². The minimum absolute atomic E-state index is 0.0833. The number of amides is 1. The molecule has 0 bridgehead atoms. The van der Waals surface area contributed by atoms with Crippen LogP contribution in [0.5, 0.6) is 0 Å². The van der Waals surface area contributed by atoms with Crippen LogP contribution < -0.4 is 5.32 Å². The molecular formula is C14H19NO2. The summed E-state index contributed by atoms with van der Waals surface area (Å²) >= 11 is 0. The molecule has 0 atom stereocenters. The Labute approximate surface area is 102 Å².